The molecule has 1 amide bonds. The number of nitrogens with zero attached hydrogens (tertiary/aromatic N) is 1. The fourth-order valence-electron chi connectivity index (χ4n) is 3.93. The molecule has 2 aliphatic rings. The normalized spacial score (nSPS) is 26.0. The minimum absolute atomic E-state index is 0.250. The second-order valence-electron chi connectivity index (χ2n) is 6.33. The van der Waals surface area contributed by atoms with Crippen molar-refractivity contribution in [2.45, 2.75) is 45.1 Å². The van der Waals surface area contributed by atoms with Crippen molar-refractivity contribution in [3.63, 3.8) is 0 Å². The summed E-state index contributed by atoms with van der Waals surface area (Å²) >= 11 is 0. The first-order valence-corrected chi connectivity index (χ1v) is 8.41. The van der Waals surface area contributed by atoms with E-state index in [2.05, 4.69) is 23.2 Å². The molecule has 3 heteroatoms. The Bertz CT molecular complexity index is 494. The molecule has 0 aromatic heterocycles. The summed E-state index contributed by atoms with van der Waals surface area (Å²) < 4.78 is 0. The number of likely N-dealkylation sites (tertiary alicyclic amines) is 1. The van der Waals surface area contributed by atoms with Crippen molar-refractivity contribution in [2.24, 2.45) is 5.92 Å². The predicted molar refractivity (Wildman–Crippen MR) is 85.5 cm³/mol. The summed E-state index contributed by atoms with van der Waals surface area (Å²) in [6.45, 7) is 5.26. The van der Waals surface area contributed by atoms with Gasteiger partial charge < -0.3 is 10.2 Å². The summed E-state index contributed by atoms with van der Waals surface area (Å²) in [5.74, 6) is 0.888. The van der Waals surface area contributed by atoms with Crippen molar-refractivity contribution in [1.82, 2.24) is 10.2 Å². The third-order valence-electron chi connectivity index (χ3n) is 5.07. The fourth-order valence-corrected chi connectivity index (χ4v) is 3.93. The molecule has 1 aromatic rings. The maximum Gasteiger partial charge on any atom is 0.254 e. The standard InChI is InChI=1S/C18H26N2O/c1-2-14-7-3-4-9-16(14)18(21)20-12-6-10-17(20)15-8-5-11-19-13-15/h3-4,7,9,15,17,19H,2,5-6,8,10-13H2,1H3. The number of carbonyl (C=O) groups excluding carboxylic acids is 1. The van der Waals surface area contributed by atoms with Gasteiger partial charge >= 0.3 is 0 Å². The smallest absolute Gasteiger partial charge is 0.254 e. The zero-order valence-electron chi connectivity index (χ0n) is 13.0. The van der Waals surface area contributed by atoms with Crippen LogP contribution >= 0.6 is 0 Å². The third kappa shape index (κ3) is 2.98. The Hall–Kier alpha value is -1.35. The Kier molecular flexibility index (Phi) is 4.59. The van der Waals surface area contributed by atoms with Crippen molar-refractivity contribution in [3.8, 4) is 0 Å². The molecule has 3 nitrogen and oxygen atoms in total. The summed E-state index contributed by atoms with van der Waals surface area (Å²) in [5, 5.41) is 3.50. The lowest BCUT2D eigenvalue weighted by atomic mass is 9.90. The van der Waals surface area contributed by atoms with Crippen LogP contribution in [0.1, 0.15) is 48.5 Å². The van der Waals surface area contributed by atoms with E-state index < -0.39 is 0 Å². The van der Waals surface area contributed by atoms with Crippen LogP contribution in [0.2, 0.25) is 0 Å². The van der Waals surface area contributed by atoms with Gasteiger partial charge in [-0.05, 0) is 62.7 Å². The number of rotatable bonds is 3. The minimum atomic E-state index is 0.250. The number of hydrogen-bond acceptors (Lipinski definition) is 2. The lowest BCUT2D eigenvalue weighted by Crippen LogP contribution is -2.45. The van der Waals surface area contributed by atoms with Gasteiger partial charge in [0.25, 0.3) is 5.91 Å². The summed E-state index contributed by atoms with van der Waals surface area (Å²) in [4.78, 5) is 15.1. The first-order chi connectivity index (χ1) is 10.3. The molecule has 1 N–H and O–H groups in total. The van der Waals surface area contributed by atoms with Crippen molar-refractivity contribution in [3.05, 3.63) is 35.4 Å². The van der Waals surface area contributed by atoms with Crippen molar-refractivity contribution in [1.29, 1.82) is 0 Å². The van der Waals surface area contributed by atoms with Crippen molar-refractivity contribution in [2.75, 3.05) is 19.6 Å². The lowest BCUT2D eigenvalue weighted by Gasteiger charge is -2.34. The van der Waals surface area contributed by atoms with E-state index >= 15 is 0 Å². The Balaban J connectivity index is 1.79. The van der Waals surface area contributed by atoms with Crippen LogP contribution in [0.4, 0.5) is 0 Å². The van der Waals surface area contributed by atoms with Gasteiger partial charge in [0.2, 0.25) is 0 Å². The molecule has 21 heavy (non-hydrogen) atoms. The molecule has 2 heterocycles. The second kappa shape index (κ2) is 6.61. The van der Waals surface area contributed by atoms with E-state index in [9.17, 15) is 4.79 Å². The molecule has 2 saturated heterocycles. The van der Waals surface area contributed by atoms with E-state index in [-0.39, 0.29) is 5.91 Å². The van der Waals surface area contributed by atoms with Gasteiger partial charge in [0.15, 0.2) is 0 Å². The number of benzene rings is 1. The highest BCUT2D eigenvalue weighted by Gasteiger charge is 2.35. The molecule has 1 aromatic carbocycles. The monoisotopic (exact) mass is 286 g/mol. The number of nitrogens with one attached hydrogen (secondary N) is 1. The summed E-state index contributed by atoms with van der Waals surface area (Å²) in [7, 11) is 0. The molecule has 2 aliphatic heterocycles. The minimum Gasteiger partial charge on any atom is -0.335 e. The van der Waals surface area contributed by atoms with Gasteiger partial charge in [0, 0.05) is 18.2 Å². The molecule has 0 spiro atoms. The highest BCUT2D eigenvalue weighted by molar-refractivity contribution is 5.96. The average molecular weight is 286 g/mol. The summed E-state index contributed by atoms with van der Waals surface area (Å²) in [5.41, 5.74) is 2.09. The predicted octanol–water partition coefficient (Wildman–Crippen LogP) is 2.85. The highest BCUT2D eigenvalue weighted by atomic mass is 16.2. The summed E-state index contributed by atoms with van der Waals surface area (Å²) in [6, 6.07) is 8.54. The van der Waals surface area contributed by atoms with E-state index in [0.717, 1.165) is 38.0 Å². The quantitative estimate of drug-likeness (QED) is 0.926. The van der Waals surface area contributed by atoms with E-state index in [0.29, 0.717) is 12.0 Å². The van der Waals surface area contributed by atoms with Gasteiger partial charge in [0.05, 0.1) is 0 Å². The Morgan fingerprint density at radius 1 is 1.29 bits per heavy atom. The maximum absolute atomic E-state index is 13.0. The van der Waals surface area contributed by atoms with Gasteiger partial charge in [-0.1, -0.05) is 25.1 Å². The molecule has 2 unspecified atom stereocenters. The van der Waals surface area contributed by atoms with Gasteiger partial charge in [-0.3, -0.25) is 4.79 Å². The number of carbonyl (C=O) groups is 1. The molecule has 2 atom stereocenters. The number of amides is 1. The van der Waals surface area contributed by atoms with Crippen LogP contribution in [0.15, 0.2) is 24.3 Å². The topological polar surface area (TPSA) is 32.3 Å². The zero-order chi connectivity index (χ0) is 14.7. The molecule has 0 aliphatic carbocycles. The summed E-state index contributed by atoms with van der Waals surface area (Å²) in [6.07, 6.45) is 5.75. The molecule has 114 valence electrons. The van der Waals surface area contributed by atoms with Crippen LogP contribution in [0.25, 0.3) is 0 Å². The maximum atomic E-state index is 13.0. The molecular formula is C18H26N2O. The Labute approximate surface area is 127 Å². The van der Waals surface area contributed by atoms with E-state index in [1.165, 1.54) is 24.8 Å². The number of aryl methyl sites for hydroxylation is 1. The van der Waals surface area contributed by atoms with Gasteiger partial charge in [-0.2, -0.15) is 0 Å². The van der Waals surface area contributed by atoms with Crippen molar-refractivity contribution >= 4 is 5.91 Å². The second-order valence-corrected chi connectivity index (χ2v) is 6.33. The highest BCUT2D eigenvalue weighted by Crippen LogP contribution is 2.30. The van der Waals surface area contributed by atoms with Crippen LogP contribution in [0.5, 0.6) is 0 Å². The molecule has 0 bridgehead atoms. The zero-order valence-corrected chi connectivity index (χ0v) is 13.0. The first-order valence-electron chi connectivity index (χ1n) is 8.41. The van der Waals surface area contributed by atoms with Gasteiger partial charge in [-0.15, -0.1) is 0 Å². The Morgan fingerprint density at radius 2 is 2.14 bits per heavy atom. The molecular weight excluding hydrogens is 260 g/mol. The molecule has 0 saturated carbocycles. The number of hydrogen-bond donors (Lipinski definition) is 1. The average Bonchev–Trinajstić information content (AvgIpc) is 3.04. The molecule has 2 fully saturated rings. The van der Waals surface area contributed by atoms with Gasteiger partial charge in [0.1, 0.15) is 0 Å². The number of piperidine rings is 1. The van der Waals surface area contributed by atoms with E-state index in [1.54, 1.807) is 0 Å². The van der Waals surface area contributed by atoms with Gasteiger partial charge in [-0.25, -0.2) is 0 Å². The van der Waals surface area contributed by atoms with E-state index in [1.807, 2.05) is 18.2 Å². The van der Waals surface area contributed by atoms with Crippen molar-refractivity contribution < 1.29 is 4.79 Å². The lowest BCUT2D eigenvalue weighted by molar-refractivity contribution is 0.0669. The Morgan fingerprint density at radius 3 is 2.90 bits per heavy atom. The van der Waals surface area contributed by atoms with Crippen LogP contribution in [-0.2, 0) is 6.42 Å². The third-order valence-corrected chi connectivity index (χ3v) is 5.07. The largest absolute Gasteiger partial charge is 0.335 e. The van der Waals surface area contributed by atoms with Crippen LogP contribution in [0, 0.1) is 5.92 Å². The fraction of sp³-hybridized carbons (Fsp3) is 0.611. The molecule has 0 radical (unpaired) electrons. The van der Waals surface area contributed by atoms with Crippen LogP contribution in [-0.4, -0.2) is 36.5 Å². The first kappa shape index (κ1) is 14.6. The van der Waals surface area contributed by atoms with E-state index in [4.69, 9.17) is 0 Å². The molecule has 3 rings (SSSR count). The van der Waals surface area contributed by atoms with Crippen LogP contribution < -0.4 is 5.32 Å². The van der Waals surface area contributed by atoms with Crippen LogP contribution in [0.3, 0.4) is 0 Å². The SMILES string of the molecule is CCc1ccccc1C(=O)N1CCCC1C1CCCNC1.